The fraction of sp³-hybridized carbons (Fsp3) is 0.150. The molecule has 4 rings (SSSR count). The molecule has 1 N–H and O–H groups in total. The van der Waals surface area contributed by atoms with Gasteiger partial charge in [0, 0.05) is 17.3 Å². The number of aromatic nitrogens is 3. The van der Waals surface area contributed by atoms with Crippen molar-refractivity contribution in [2.24, 2.45) is 0 Å². The van der Waals surface area contributed by atoms with Gasteiger partial charge in [0.1, 0.15) is 22.2 Å². The molecule has 0 fully saturated rings. The number of nitrogens with zero attached hydrogens (tertiary/aromatic N) is 4. The van der Waals surface area contributed by atoms with Gasteiger partial charge in [-0.3, -0.25) is 4.98 Å². The van der Waals surface area contributed by atoms with Gasteiger partial charge in [-0.1, -0.05) is 17.7 Å². The summed E-state index contributed by atoms with van der Waals surface area (Å²) in [4.78, 5) is 7.77. The van der Waals surface area contributed by atoms with Gasteiger partial charge in [-0.05, 0) is 37.3 Å². The molecule has 1 aliphatic carbocycles. The first-order chi connectivity index (χ1) is 15.0. The standard InChI is InChI=1S/C20H13ClF3N5O2S/c1-11(20(22,23)24)28-32(30,31)13-5-6-16(26-9-13)19-15(8-25)14-7-18(21)27-10-17(14)29(19)12-3-2-4-12/h2-7,9-11,28H,1H3/t11-/m1/s1. The van der Waals surface area contributed by atoms with Crippen molar-refractivity contribution in [3.8, 4) is 17.5 Å². The molecule has 1 atom stereocenters. The van der Waals surface area contributed by atoms with E-state index in [0.29, 0.717) is 23.5 Å². The van der Waals surface area contributed by atoms with Crippen molar-refractivity contribution in [3.05, 3.63) is 59.5 Å². The third kappa shape index (κ3) is 3.77. The minimum atomic E-state index is -4.73. The number of sulfonamides is 1. The minimum Gasteiger partial charge on any atom is -0.305 e. The van der Waals surface area contributed by atoms with Crippen LogP contribution in [0.5, 0.6) is 0 Å². The number of nitrogens with one attached hydrogen (secondary N) is 1. The topological polar surface area (TPSA) is 101 Å². The summed E-state index contributed by atoms with van der Waals surface area (Å²) in [6.07, 6.45) is 3.13. The highest BCUT2D eigenvalue weighted by atomic mass is 35.5. The first kappa shape index (κ1) is 22.0. The van der Waals surface area contributed by atoms with Crippen LogP contribution in [-0.4, -0.2) is 35.2 Å². The molecular formula is C20H13ClF3N5O2S. The zero-order chi connectivity index (χ0) is 23.3. The predicted molar refractivity (Wildman–Crippen MR) is 112 cm³/mol. The third-order valence-electron chi connectivity index (χ3n) is 4.84. The molecule has 0 bridgehead atoms. The Morgan fingerprint density at radius 2 is 1.97 bits per heavy atom. The highest BCUT2D eigenvalue weighted by molar-refractivity contribution is 7.89. The lowest BCUT2D eigenvalue weighted by molar-refractivity contribution is -0.147. The van der Waals surface area contributed by atoms with Gasteiger partial charge in [-0.25, -0.2) is 13.4 Å². The summed E-state index contributed by atoms with van der Waals surface area (Å²) in [5, 5.41) is 10.5. The van der Waals surface area contributed by atoms with Crippen molar-refractivity contribution >= 4 is 38.2 Å². The monoisotopic (exact) mass is 479 g/mol. The summed E-state index contributed by atoms with van der Waals surface area (Å²) in [6, 6.07) is 3.86. The molecule has 0 amide bonds. The lowest BCUT2D eigenvalue weighted by Gasteiger charge is -2.17. The van der Waals surface area contributed by atoms with Gasteiger partial charge in [0.2, 0.25) is 10.0 Å². The van der Waals surface area contributed by atoms with Gasteiger partial charge in [-0.15, -0.1) is 0 Å². The van der Waals surface area contributed by atoms with Crippen molar-refractivity contribution < 1.29 is 21.6 Å². The molecule has 0 saturated heterocycles. The summed E-state index contributed by atoms with van der Waals surface area (Å²) in [5.41, 5.74) is 2.21. The van der Waals surface area contributed by atoms with Gasteiger partial charge in [0.05, 0.1) is 28.7 Å². The van der Waals surface area contributed by atoms with Crippen LogP contribution >= 0.6 is 11.6 Å². The molecule has 32 heavy (non-hydrogen) atoms. The van der Waals surface area contributed by atoms with Crippen LogP contribution in [0, 0.1) is 11.3 Å². The zero-order valence-corrected chi connectivity index (χ0v) is 17.8. The number of halogens is 4. The highest BCUT2D eigenvalue weighted by Crippen LogP contribution is 2.37. The van der Waals surface area contributed by atoms with Crippen molar-refractivity contribution in [2.75, 3.05) is 0 Å². The van der Waals surface area contributed by atoms with Crippen LogP contribution < -0.4 is 4.72 Å². The molecule has 7 nitrogen and oxygen atoms in total. The lowest BCUT2D eigenvalue weighted by Crippen LogP contribution is -2.42. The third-order valence-corrected chi connectivity index (χ3v) is 6.57. The number of pyridine rings is 2. The SMILES string of the molecule is C[C@@H](NS(=O)(=O)c1ccc(-c2c(C#N)c3cc(Cl)ncc3n2C2=CC=C2)nc1)C(F)(F)F. The van der Waals surface area contributed by atoms with Crippen LogP contribution in [0.15, 0.2) is 53.7 Å². The molecule has 3 aromatic heterocycles. The van der Waals surface area contributed by atoms with Crippen LogP contribution in [0.25, 0.3) is 28.0 Å². The Balaban J connectivity index is 1.82. The van der Waals surface area contributed by atoms with E-state index in [1.54, 1.807) is 33.6 Å². The molecular weight excluding hydrogens is 467 g/mol. The maximum Gasteiger partial charge on any atom is 0.404 e. The summed E-state index contributed by atoms with van der Waals surface area (Å²) < 4.78 is 66.2. The van der Waals surface area contributed by atoms with Crippen molar-refractivity contribution in [3.63, 3.8) is 0 Å². The van der Waals surface area contributed by atoms with Crippen LogP contribution in [0.2, 0.25) is 5.15 Å². The fourth-order valence-corrected chi connectivity index (χ4v) is 4.49. The van der Waals surface area contributed by atoms with Crippen molar-refractivity contribution in [1.82, 2.24) is 19.3 Å². The Morgan fingerprint density at radius 1 is 1.25 bits per heavy atom. The normalized spacial score (nSPS) is 14.7. The van der Waals surface area contributed by atoms with Crippen molar-refractivity contribution in [1.29, 1.82) is 5.26 Å². The molecule has 0 unspecified atom stereocenters. The Bertz CT molecular complexity index is 1440. The summed E-state index contributed by atoms with van der Waals surface area (Å²) in [5.74, 6) is 0. The summed E-state index contributed by atoms with van der Waals surface area (Å²) >= 11 is 6.00. The van der Waals surface area contributed by atoms with E-state index in [1.807, 2.05) is 0 Å². The quantitative estimate of drug-likeness (QED) is 0.551. The number of hydrogen-bond donors (Lipinski definition) is 1. The smallest absolute Gasteiger partial charge is 0.305 e. The Hall–Kier alpha value is -3.20. The van der Waals surface area contributed by atoms with Gasteiger partial charge in [-0.2, -0.15) is 23.2 Å². The van der Waals surface area contributed by atoms with Crippen LogP contribution in [-0.2, 0) is 10.0 Å². The number of alkyl halides is 3. The number of rotatable bonds is 5. The van der Waals surface area contributed by atoms with E-state index >= 15 is 0 Å². The first-order valence-corrected chi connectivity index (χ1v) is 10.9. The number of nitriles is 1. The number of fused-ring (bicyclic) bond motifs is 1. The van der Waals surface area contributed by atoms with E-state index in [0.717, 1.165) is 18.0 Å². The van der Waals surface area contributed by atoms with Crippen LogP contribution in [0.3, 0.4) is 0 Å². The second kappa shape index (κ2) is 7.74. The zero-order valence-electron chi connectivity index (χ0n) is 16.2. The molecule has 0 radical (unpaired) electrons. The van der Waals surface area contributed by atoms with Gasteiger partial charge in [0.15, 0.2) is 0 Å². The fourth-order valence-electron chi connectivity index (χ4n) is 3.16. The molecule has 1 aliphatic rings. The van der Waals surface area contributed by atoms with Gasteiger partial charge >= 0.3 is 6.18 Å². The molecule has 3 heterocycles. The van der Waals surface area contributed by atoms with E-state index < -0.39 is 27.1 Å². The average molecular weight is 480 g/mol. The second-order valence-electron chi connectivity index (χ2n) is 6.91. The number of hydrogen-bond acceptors (Lipinski definition) is 5. The molecule has 3 aromatic rings. The molecule has 0 aromatic carbocycles. The molecule has 0 spiro atoms. The molecule has 164 valence electrons. The molecule has 12 heteroatoms. The number of allylic oxidation sites excluding steroid dienone is 4. The van der Waals surface area contributed by atoms with Crippen LogP contribution in [0.1, 0.15) is 12.5 Å². The summed E-state index contributed by atoms with van der Waals surface area (Å²) in [7, 11) is -4.46. The summed E-state index contributed by atoms with van der Waals surface area (Å²) in [6.45, 7) is 0.704. The highest BCUT2D eigenvalue weighted by Gasteiger charge is 2.39. The van der Waals surface area contributed by atoms with Crippen LogP contribution in [0.4, 0.5) is 13.2 Å². The predicted octanol–water partition coefficient (Wildman–Crippen LogP) is 4.26. The molecule has 0 aliphatic heterocycles. The first-order valence-electron chi connectivity index (χ1n) is 9.07. The second-order valence-corrected chi connectivity index (χ2v) is 9.01. The Kier molecular flexibility index (Phi) is 5.32. The van der Waals surface area contributed by atoms with E-state index in [9.17, 15) is 26.9 Å². The Morgan fingerprint density at radius 3 is 2.50 bits per heavy atom. The average Bonchev–Trinajstić information content (AvgIpc) is 2.99. The minimum absolute atomic E-state index is 0.190. The Labute approximate surface area is 185 Å². The van der Waals surface area contributed by atoms with Crippen molar-refractivity contribution in [2.45, 2.75) is 24.0 Å². The maximum atomic E-state index is 12.8. The van der Waals surface area contributed by atoms with E-state index in [-0.39, 0.29) is 16.4 Å². The molecule has 0 saturated carbocycles. The van der Waals surface area contributed by atoms with E-state index in [2.05, 4.69) is 16.0 Å². The van der Waals surface area contributed by atoms with Gasteiger partial charge in [0.25, 0.3) is 0 Å². The lowest BCUT2D eigenvalue weighted by atomic mass is 10.1. The van der Waals surface area contributed by atoms with E-state index in [1.165, 1.54) is 12.3 Å². The van der Waals surface area contributed by atoms with E-state index in [4.69, 9.17) is 11.6 Å². The largest absolute Gasteiger partial charge is 0.404 e. The van der Waals surface area contributed by atoms with Gasteiger partial charge < -0.3 is 4.57 Å². The maximum absolute atomic E-state index is 12.8.